The average molecular weight is 302 g/mol. The first-order valence-corrected chi connectivity index (χ1v) is 8.05. The standard InChI is InChI=1S/C17H22N2O3/c1-18-5-6-19-10-16(22-11-14(19)9-18)13-2-3-15-12(8-13)4-7-21-17(15)20/h2-3,8,14,16H,4-7,9-11H2,1H3. The van der Waals surface area contributed by atoms with Gasteiger partial charge in [0, 0.05) is 38.6 Å². The molecular formula is C17H22N2O3. The Hall–Kier alpha value is -1.43. The lowest BCUT2D eigenvalue weighted by molar-refractivity contribution is -0.0872. The highest BCUT2D eigenvalue weighted by molar-refractivity contribution is 5.92. The number of piperazine rings is 1. The minimum Gasteiger partial charge on any atom is -0.462 e. The van der Waals surface area contributed by atoms with Crippen LogP contribution in [0.1, 0.15) is 27.6 Å². The fourth-order valence-electron chi connectivity index (χ4n) is 3.69. The molecule has 1 aromatic carbocycles. The van der Waals surface area contributed by atoms with E-state index < -0.39 is 0 Å². The van der Waals surface area contributed by atoms with Gasteiger partial charge in [-0.05, 0) is 24.2 Å². The molecule has 1 aromatic rings. The minimum absolute atomic E-state index is 0.114. The molecule has 0 N–H and O–H groups in total. The van der Waals surface area contributed by atoms with Crippen molar-refractivity contribution in [3.8, 4) is 0 Å². The van der Waals surface area contributed by atoms with Crippen LogP contribution in [0.3, 0.4) is 0 Å². The van der Waals surface area contributed by atoms with Crippen LogP contribution in [0.25, 0.3) is 0 Å². The van der Waals surface area contributed by atoms with E-state index >= 15 is 0 Å². The van der Waals surface area contributed by atoms with E-state index in [1.54, 1.807) is 0 Å². The summed E-state index contributed by atoms with van der Waals surface area (Å²) in [6.45, 7) is 5.54. The van der Waals surface area contributed by atoms with Gasteiger partial charge in [0.25, 0.3) is 0 Å². The molecule has 5 heteroatoms. The predicted molar refractivity (Wildman–Crippen MR) is 82.0 cm³/mol. The third-order valence-corrected chi connectivity index (χ3v) is 5.02. The van der Waals surface area contributed by atoms with Crippen LogP contribution in [0, 0.1) is 0 Å². The molecule has 2 fully saturated rings. The Kier molecular flexibility index (Phi) is 3.64. The van der Waals surface area contributed by atoms with E-state index in [0.717, 1.165) is 44.8 Å². The van der Waals surface area contributed by atoms with Crippen molar-refractivity contribution in [1.29, 1.82) is 0 Å². The summed E-state index contributed by atoms with van der Waals surface area (Å²) in [5.74, 6) is -0.198. The summed E-state index contributed by atoms with van der Waals surface area (Å²) < 4.78 is 11.2. The number of carbonyl (C=O) groups is 1. The first-order chi connectivity index (χ1) is 10.7. The zero-order valence-electron chi connectivity index (χ0n) is 13.0. The second-order valence-corrected chi connectivity index (χ2v) is 6.54. The molecule has 2 unspecified atom stereocenters. The third-order valence-electron chi connectivity index (χ3n) is 5.02. The summed E-state index contributed by atoms with van der Waals surface area (Å²) in [6.07, 6.45) is 0.918. The van der Waals surface area contributed by atoms with Gasteiger partial charge in [0.05, 0.1) is 24.9 Å². The van der Waals surface area contributed by atoms with Crippen molar-refractivity contribution in [3.05, 3.63) is 34.9 Å². The number of benzene rings is 1. The lowest BCUT2D eigenvalue weighted by atomic mass is 9.96. The molecule has 2 atom stereocenters. The molecule has 0 radical (unpaired) electrons. The number of carbonyl (C=O) groups excluding carboxylic acids is 1. The van der Waals surface area contributed by atoms with E-state index in [4.69, 9.17) is 9.47 Å². The number of rotatable bonds is 1. The van der Waals surface area contributed by atoms with Gasteiger partial charge in [-0.2, -0.15) is 0 Å². The van der Waals surface area contributed by atoms with Crippen LogP contribution in [-0.2, 0) is 15.9 Å². The maximum Gasteiger partial charge on any atom is 0.338 e. The molecule has 0 bridgehead atoms. The summed E-state index contributed by atoms with van der Waals surface area (Å²) in [7, 11) is 2.17. The maximum atomic E-state index is 11.7. The van der Waals surface area contributed by atoms with E-state index in [0.29, 0.717) is 18.2 Å². The van der Waals surface area contributed by atoms with Crippen LogP contribution in [0.4, 0.5) is 0 Å². The molecular weight excluding hydrogens is 280 g/mol. The van der Waals surface area contributed by atoms with E-state index in [9.17, 15) is 4.79 Å². The maximum absolute atomic E-state index is 11.7. The molecule has 0 aliphatic carbocycles. The van der Waals surface area contributed by atoms with E-state index in [1.807, 2.05) is 12.1 Å². The Morgan fingerprint density at radius 3 is 3.05 bits per heavy atom. The van der Waals surface area contributed by atoms with Crippen LogP contribution < -0.4 is 0 Å². The van der Waals surface area contributed by atoms with Crippen LogP contribution in [0.5, 0.6) is 0 Å². The summed E-state index contributed by atoms with van der Waals surface area (Å²) in [5, 5.41) is 0. The predicted octanol–water partition coefficient (Wildman–Crippen LogP) is 1.09. The van der Waals surface area contributed by atoms with Crippen molar-refractivity contribution in [2.45, 2.75) is 18.6 Å². The van der Waals surface area contributed by atoms with Gasteiger partial charge in [-0.3, -0.25) is 4.90 Å². The molecule has 22 heavy (non-hydrogen) atoms. The first kappa shape index (κ1) is 14.2. The first-order valence-electron chi connectivity index (χ1n) is 8.05. The number of likely N-dealkylation sites (N-methyl/N-ethyl adjacent to an activating group) is 1. The van der Waals surface area contributed by atoms with Gasteiger partial charge in [-0.15, -0.1) is 0 Å². The largest absolute Gasteiger partial charge is 0.462 e. The number of hydrogen-bond donors (Lipinski definition) is 0. The number of ether oxygens (including phenoxy) is 2. The number of nitrogens with zero attached hydrogens (tertiary/aromatic N) is 2. The number of cyclic esters (lactones) is 1. The summed E-state index contributed by atoms with van der Waals surface area (Å²) in [6, 6.07) is 6.57. The van der Waals surface area contributed by atoms with E-state index in [1.165, 1.54) is 5.56 Å². The van der Waals surface area contributed by atoms with E-state index in [2.05, 4.69) is 22.9 Å². The molecule has 5 nitrogen and oxygen atoms in total. The zero-order chi connectivity index (χ0) is 15.1. The van der Waals surface area contributed by atoms with Crippen molar-refractivity contribution in [3.63, 3.8) is 0 Å². The fourth-order valence-corrected chi connectivity index (χ4v) is 3.69. The molecule has 0 aromatic heterocycles. The number of morpholine rings is 1. The summed E-state index contributed by atoms with van der Waals surface area (Å²) >= 11 is 0. The summed E-state index contributed by atoms with van der Waals surface area (Å²) in [4.78, 5) is 16.6. The smallest absolute Gasteiger partial charge is 0.338 e. The van der Waals surface area contributed by atoms with Crippen LogP contribution in [-0.4, -0.2) is 68.3 Å². The van der Waals surface area contributed by atoms with Crippen molar-refractivity contribution < 1.29 is 14.3 Å². The number of fused-ring (bicyclic) bond motifs is 2. The van der Waals surface area contributed by atoms with Crippen LogP contribution in [0.2, 0.25) is 0 Å². The van der Waals surface area contributed by atoms with Gasteiger partial charge in [0.2, 0.25) is 0 Å². The Morgan fingerprint density at radius 2 is 2.14 bits per heavy atom. The van der Waals surface area contributed by atoms with Gasteiger partial charge in [0.15, 0.2) is 0 Å². The van der Waals surface area contributed by atoms with Crippen molar-refractivity contribution in [2.24, 2.45) is 0 Å². The molecule has 118 valence electrons. The highest BCUT2D eigenvalue weighted by atomic mass is 16.5. The second-order valence-electron chi connectivity index (χ2n) is 6.54. The monoisotopic (exact) mass is 302 g/mol. The minimum atomic E-state index is -0.198. The second kappa shape index (κ2) is 5.65. The highest BCUT2D eigenvalue weighted by Crippen LogP contribution is 2.29. The molecule has 0 saturated carbocycles. The SMILES string of the molecule is CN1CCN2CC(c3ccc4c(c3)CCOC4=O)OCC2C1. The zero-order valence-corrected chi connectivity index (χ0v) is 13.0. The quantitative estimate of drug-likeness (QED) is 0.726. The molecule has 2 saturated heterocycles. The average Bonchev–Trinajstić information content (AvgIpc) is 2.54. The molecule has 0 spiro atoms. The molecule has 4 rings (SSSR count). The van der Waals surface area contributed by atoms with Crippen molar-refractivity contribution in [2.75, 3.05) is 46.4 Å². The summed E-state index contributed by atoms with van der Waals surface area (Å²) in [5.41, 5.74) is 2.99. The molecule has 3 heterocycles. The Labute approximate surface area is 130 Å². The number of hydrogen-bond acceptors (Lipinski definition) is 5. The van der Waals surface area contributed by atoms with Gasteiger partial charge >= 0.3 is 5.97 Å². The Balaban J connectivity index is 1.52. The Morgan fingerprint density at radius 1 is 1.23 bits per heavy atom. The molecule has 3 aliphatic rings. The number of esters is 1. The van der Waals surface area contributed by atoms with Gasteiger partial charge in [0.1, 0.15) is 0 Å². The normalized spacial score (nSPS) is 29.6. The topological polar surface area (TPSA) is 42.0 Å². The lowest BCUT2D eigenvalue weighted by Crippen LogP contribution is -2.57. The van der Waals surface area contributed by atoms with Gasteiger partial charge < -0.3 is 14.4 Å². The van der Waals surface area contributed by atoms with Crippen molar-refractivity contribution >= 4 is 5.97 Å². The van der Waals surface area contributed by atoms with Crippen LogP contribution >= 0.6 is 0 Å². The van der Waals surface area contributed by atoms with E-state index in [-0.39, 0.29) is 12.1 Å². The fraction of sp³-hybridized carbons (Fsp3) is 0.588. The molecule has 0 amide bonds. The third kappa shape index (κ3) is 2.53. The van der Waals surface area contributed by atoms with Gasteiger partial charge in [-0.1, -0.05) is 12.1 Å². The Bertz CT molecular complexity index is 589. The molecule has 3 aliphatic heterocycles. The van der Waals surface area contributed by atoms with Gasteiger partial charge in [-0.25, -0.2) is 4.79 Å². The van der Waals surface area contributed by atoms with Crippen molar-refractivity contribution in [1.82, 2.24) is 9.80 Å². The lowest BCUT2D eigenvalue weighted by Gasteiger charge is -2.45. The van der Waals surface area contributed by atoms with Crippen LogP contribution in [0.15, 0.2) is 18.2 Å². The highest BCUT2D eigenvalue weighted by Gasteiger charge is 2.33.